The number of amides is 1. The quantitative estimate of drug-likeness (QED) is 0.741. The van der Waals surface area contributed by atoms with E-state index in [-0.39, 0.29) is 17.7 Å². The summed E-state index contributed by atoms with van der Waals surface area (Å²) in [6.07, 6.45) is 1.71. The molecule has 1 aromatic heterocycles. The van der Waals surface area contributed by atoms with Gasteiger partial charge in [0.2, 0.25) is 0 Å². The molecule has 2 fully saturated rings. The molecule has 0 N–H and O–H groups in total. The van der Waals surface area contributed by atoms with Crippen LogP contribution in [-0.2, 0) is 16.3 Å². The Bertz CT molecular complexity index is 991. The first kappa shape index (κ1) is 20.5. The lowest BCUT2D eigenvalue weighted by Crippen LogP contribution is -2.52. The Kier molecular flexibility index (Phi) is 5.77. The summed E-state index contributed by atoms with van der Waals surface area (Å²) in [6, 6.07) is 8.46. The second-order valence-electron chi connectivity index (χ2n) is 7.87. The minimum absolute atomic E-state index is 0.0371. The highest BCUT2D eigenvalue weighted by molar-refractivity contribution is 7.91. The second kappa shape index (κ2) is 8.16. The third-order valence-corrected chi connectivity index (χ3v) is 8.87. The largest absolute Gasteiger partial charge is 0.335 e. The van der Waals surface area contributed by atoms with Crippen molar-refractivity contribution in [1.29, 1.82) is 0 Å². The molecule has 0 radical (unpaired) electrons. The van der Waals surface area contributed by atoms with Crippen LogP contribution in [0.1, 0.15) is 34.3 Å². The van der Waals surface area contributed by atoms with Crippen LogP contribution < -0.4 is 0 Å². The van der Waals surface area contributed by atoms with Gasteiger partial charge in [0.05, 0.1) is 17.2 Å². The summed E-state index contributed by atoms with van der Waals surface area (Å²) in [5.74, 6) is 0.587. The topological polar surface area (TPSA) is 70.6 Å². The Morgan fingerprint density at radius 3 is 2.45 bits per heavy atom. The molecule has 3 heterocycles. The maximum Gasteiger partial charge on any atom is 0.265 e. The van der Waals surface area contributed by atoms with Gasteiger partial charge in [0.15, 0.2) is 9.84 Å². The molecule has 0 saturated carbocycles. The normalized spacial score (nSPS) is 22.1. The van der Waals surface area contributed by atoms with Gasteiger partial charge >= 0.3 is 0 Å². The van der Waals surface area contributed by atoms with Gasteiger partial charge in [-0.3, -0.25) is 9.69 Å². The third kappa shape index (κ3) is 4.39. The zero-order valence-corrected chi connectivity index (χ0v) is 18.6. The lowest BCUT2D eigenvalue weighted by Gasteiger charge is -2.37. The van der Waals surface area contributed by atoms with E-state index in [2.05, 4.69) is 41.1 Å². The number of carbonyl (C=O) groups excluding carboxylic acids is 1. The molecule has 8 heteroatoms. The summed E-state index contributed by atoms with van der Waals surface area (Å²) >= 11 is 1.46. The predicted molar refractivity (Wildman–Crippen MR) is 116 cm³/mol. The number of aryl methyl sites for hydroxylation is 2. The van der Waals surface area contributed by atoms with Crippen LogP contribution in [0.3, 0.4) is 0 Å². The standard InChI is InChI=1S/C21H27N3O3S2/c1-3-16-4-6-17(7-5-16)20-22-15(2)19(28-20)21(25)24-11-9-23(10-12-24)18-8-13-29(26,27)14-18/h4-7,18H,3,8-14H2,1-2H3. The molecule has 0 bridgehead atoms. The molecule has 29 heavy (non-hydrogen) atoms. The number of hydrogen-bond donors (Lipinski definition) is 0. The molecule has 156 valence electrons. The SMILES string of the molecule is CCc1ccc(-c2nc(C)c(C(=O)N3CCN(C4CCS(=O)(=O)C4)CC3)s2)cc1. The summed E-state index contributed by atoms with van der Waals surface area (Å²) < 4.78 is 23.5. The van der Waals surface area contributed by atoms with Crippen molar-refractivity contribution in [2.75, 3.05) is 37.7 Å². The van der Waals surface area contributed by atoms with Crippen LogP contribution in [0, 0.1) is 6.92 Å². The Hall–Kier alpha value is -1.77. The average molecular weight is 434 g/mol. The number of carbonyl (C=O) groups is 1. The van der Waals surface area contributed by atoms with Crippen molar-refractivity contribution >= 4 is 27.1 Å². The van der Waals surface area contributed by atoms with E-state index in [9.17, 15) is 13.2 Å². The molecule has 1 aromatic carbocycles. The van der Waals surface area contributed by atoms with Gasteiger partial charge in [-0.15, -0.1) is 11.3 Å². The average Bonchev–Trinajstić information content (AvgIpc) is 3.29. The molecule has 2 aliphatic rings. The van der Waals surface area contributed by atoms with Crippen molar-refractivity contribution in [3.05, 3.63) is 40.4 Å². The lowest BCUT2D eigenvalue weighted by molar-refractivity contribution is 0.0591. The molecule has 2 aromatic rings. The van der Waals surface area contributed by atoms with Gasteiger partial charge < -0.3 is 4.90 Å². The van der Waals surface area contributed by atoms with Gasteiger partial charge in [-0.25, -0.2) is 13.4 Å². The van der Waals surface area contributed by atoms with E-state index in [4.69, 9.17) is 0 Å². The zero-order valence-electron chi connectivity index (χ0n) is 16.9. The van der Waals surface area contributed by atoms with Crippen LogP contribution in [-0.4, -0.2) is 72.8 Å². The Labute approximate surface area is 176 Å². The first-order valence-corrected chi connectivity index (χ1v) is 12.8. The number of rotatable bonds is 4. The van der Waals surface area contributed by atoms with E-state index in [0.29, 0.717) is 30.1 Å². The fraction of sp³-hybridized carbons (Fsp3) is 0.524. The monoisotopic (exact) mass is 433 g/mol. The number of hydrogen-bond acceptors (Lipinski definition) is 6. The van der Waals surface area contributed by atoms with Gasteiger partial charge in [0.1, 0.15) is 9.88 Å². The van der Waals surface area contributed by atoms with Gasteiger partial charge in [0.25, 0.3) is 5.91 Å². The second-order valence-corrected chi connectivity index (χ2v) is 11.1. The van der Waals surface area contributed by atoms with Crippen LogP contribution in [0.5, 0.6) is 0 Å². The highest BCUT2D eigenvalue weighted by atomic mass is 32.2. The molecule has 1 unspecified atom stereocenters. The fourth-order valence-corrected chi connectivity index (χ4v) is 6.90. The molecular formula is C21H27N3O3S2. The van der Waals surface area contributed by atoms with Crippen molar-refractivity contribution in [2.45, 2.75) is 32.7 Å². The van der Waals surface area contributed by atoms with Crippen molar-refractivity contribution in [3.8, 4) is 10.6 Å². The predicted octanol–water partition coefficient (Wildman–Crippen LogP) is 2.63. The molecule has 0 spiro atoms. The van der Waals surface area contributed by atoms with Crippen LogP contribution >= 0.6 is 11.3 Å². The zero-order chi connectivity index (χ0) is 20.6. The van der Waals surface area contributed by atoms with Crippen LogP contribution in [0.2, 0.25) is 0 Å². The number of benzene rings is 1. The van der Waals surface area contributed by atoms with Gasteiger partial charge in [-0.1, -0.05) is 31.2 Å². The molecule has 1 amide bonds. The minimum Gasteiger partial charge on any atom is -0.335 e. The minimum atomic E-state index is -2.88. The van der Waals surface area contributed by atoms with Gasteiger partial charge in [-0.2, -0.15) is 0 Å². The summed E-state index contributed by atoms with van der Waals surface area (Å²) in [5.41, 5.74) is 3.10. The summed E-state index contributed by atoms with van der Waals surface area (Å²) in [4.78, 5) is 22.5. The summed E-state index contributed by atoms with van der Waals surface area (Å²) in [5, 5.41) is 0.878. The summed E-state index contributed by atoms with van der Waals surface area (Å²) in [6.45, 7) is 6.75. The molecule has 4 rings (SSSR count). The highest BCUT2D eigenvalue weighted by Gasteiger charge is 2.35. The van der Waals surface area contributed by atoms with E-state index in [1.807, 2.05) is 11.8 Å². The van der Waals surface area contributed by atoms with Crippen LogP contribution in [0.15, 0.2) is 24.3 Å². The van der Waals surface area contributed by atoms with Gasteiger partial charge in [0, 0.05) is 37.8 Å². The summed E-state index contributed by atoms with van der Waals surface area (Å²) in [7, 11) is -2.88. The number of sulfone groups is 1. The maximum atomic E-state index is 13.1. The van der Waals surface area contributed by atoms with Crippen LogP contribution in [0.4, 0.5) is 0 Å². The number of aromatic nitrogens is 1. The van der Waals surface area contributed by atoms with E-state index >= 15 is 0 Å². The Morgan fingerprint density at radius 1 is 1.17 bits per heavy atom. The first-order chi connectivity index (χ1) is 13.9. The first-order valence-electron chi connectivity index (χ1n) is 10.2. The lowest BCUT2D eigenvalue weighted by atomic mass is 10.1. The highest BCUT2D eigenvalue weighted by Crippen LogP contribution is 2.29. The molecule has 2 saturated heterocycles. The molecule has 0 aliphatic carbocycles. The molecular weight excluding hydrogens is 406 g/mol. The van der Waals surface area contributed by atoms with Crippen molar-refractivity contribution < 1.29 is 13.2 Å². The van der Waals surface area contributed by atoms with Crippen molar-refractivity contribution in [1.82, 2.24) is 14.8 Å². The van der Waals surface area contributed by atoms with Crippen molar-refractivity contribution in [2.24, 2.45) is 0 Å². The van der Waals surface area contributed by atoms with E-state index in [1.54, 1.807) is 0 Å². The fourth-order valence-electron chi connectivity index (χ4n) is 4.10. The van der Waals surface area contributed by atoms with E-state index < -0.39 is 9.84 Å². The third-order valence-electron chi connectivity index (χ3n) is 5.93. The van der Waals surface area contributed by atoms with E-state index in [1.165, 1.54) is 16.9 Å². The molecule has 6 nitrogen and oxygen atoms in total. The Balaban J connectivity index is 1.42. The smallest absolute Gasteiger partial charge is 0.265 e. The van der Waals surface area contributed by atoms with E-state index in [0.717, 1.165) is 35.8 Å². The molecule has 1 atom stereocenters. The number of thiazole rings is 1. The maximum absolute atomic E-state index is 13.1. The van der Waals surface area contributed by atoms with Crippen LogP contribution in [0.25, 0.3) is 10.6 Å². The number of piperazine rings is 1. The van der Waals surface area contributed by atoms with Gasteiger partial charge in [-0.05, 0) is 25.3 Å². The number of nitrogens with zero attached hydrogens (tertiary/aromatic N) is 3. The molecule has 2 aliphatic heterocycles. The Morgan fingerprint density at radius 2 is 1.86 bits per heavy atom. The van der Waals surface area contributed by atoms with Crippen molar-refractivity contribution in [3.63, 3.8) is 0 Å².